The molecule has 0 aliphatic carbocycles. The second-order valence-electron chi connectivity index (χ2n) is 8.90. The van der Waals surface area contributed by atoms with Gasteiger partial charge in [-0.3, -0.25) is 9.59 Å². The fraction of sp³-hybridized carbons (Fsp3) is 0.179. The lowest BCUT2D eigenvalue weighted by Gasteiger charge is -2.16. The van der Waals surface area contributed by atoms with Gasteiger partial charge in [0.05, 0.1) is 22.8 Å². The van der Waals surface area contributed by atoms with E-state index in [1.54, 1.807) is 65.6 Å². The van der Waals surface area contributed by atoms with Gasteiger partial charge in [0.15, 0.2) is 5.69 Å². The molecule has 9 heteroatoms. The monoisotopic (exact) mass is 537 g/mol. The van der Waals surface area contributed by atoms with Gasteiger partial charge in [0.25, 0.3) is 5.91 Å². The van der Waals surface area contributed by atoms with Crippen LogP contribution in [0.1, 0.15) is 34.0 Å². The molecule has 0 saturated carbocycles. The molecular formula is C28H22Cl2FN3O3. The van der Waals surface area contributed by atoms with Gasteiger partial charge in [-0.2, -0.15) is 5.10 Å². The largest absolute Gasteiger partial charge is 0.481 e. The first kappa shape index (κ1) is 25.0. The zero-order valence-corrected chi connectivity index (χ0v) is 21.1. The van der Waals surface area contributed by atoms with Crippen LogP contribution in [0, 0.1) is 5.82 Å². The summed E-state index contributed by atoms with van der Waals surface area (Å²) in [5.74, 6) is -1.71. The number of hydrogen-bond donors (Lipinski definition) is 1. The predicted molar refractivity (Wildman–Crippen MR) is 140 cm³/mol. The molecule has 4 aromatic rings. The van der Waals surface area contributed by atoms with E-state index in [9.17, 15) is 19.1 Å². The van der Waals surface area contributed by atoms with Gasteiger partial charge >= 0.3 is 5.97 Å². The third-order valence-corrected chi connectivity index (χ3v) is 7.10. The number of aliphatic carboxylic acids is 1. The molecule has 1 fully saturated rings. The highest BCUT2D eigenvalue weighted by molar-refractivity contribution is 6.32. The third kappa shape index (κ3) is 5.10. The Morgan fingerprint density at radius 3 is 2.38 bits per heavy atom. The summed E-state index contributed by atoms with van der Waals surface area (Å²) >= 11 is 12.6. The number of likely N-dealkylation sites (tertiary alicyclic amines) is 1. The molecular weight excluding hydrogens is 516 g/mol. The average Bonchev–Trinajstić information content (AvgIpc) is 3.51. The van der Waals surface area contributed by atoms with Crippen molar-refractivity contribution in [3.05, 3.63) is 105 Å². The van der Waals surface area contributed by atoms with Gasteiger partial charge < -0.3 is 10.0 Å². The van der Waals surface area contributed by atoms with Crippen LogP contribution in [0.25, 0.3) is 16.9 Å². The highest BCUT2D eigenvalue weighted by atomic mass is 35.5. The minimum Gasteiger partial charge on any atom is -0.481 e. The SMILES string of the molecule is O=C(O)Cc1c(C(=O)N2CCC(c3ccc(F)cc3)C2)nn(-c2ccccc2Cl)c1-c1ccc(Cl)cc1. The smallest absolute Gasteiger partial charge is 0.307 e. The summed E-state index contributed by atoms with van der Waals surface area (Å²) in [5.41, 5.74) is 2.94. The standard InChI is InChI=1S/C28H22Cl2FN3O3/c29-20-9-5-18(6-10-20)27-22(15-25(35)36)26(32-34(27)24-4-2-1-3-23(24)30)28(37)33-14-13-19(16-33)17-7-11-21(31)12-8-17/h1-12,19H,13-16H2,(H,35,36). The number of benzene rings is 3. The molecule has 37 heavy (non-hydrogen) atoms. The van der Waals surface area contributed by atoms with E-state index < -0.39 is 12.4 Å². The van der Waals surface area contributed by atoms with Crippen LogP contribution in [0.4, 0.5) is 4.39 Å². The van der Waals surface area contributed by atoms with Crippen molar-refractivity contribution in [1.82, 2.24) is 14.7 Å². The molecule has 1 unspecified atom stereocenters. The Hall–Kier alpha value is -3.68. The van der Waals surface area contributed by atoms with Gasteiger partial charge in [-0.05, 0) is 48.4 Å². The number of carbonyl (C=O) groups excluding carboxylic acids is 1. The predicted octanol–water partition coefficient (Wildman–Crippen LogP) is 6.24. The Labute approximate surface area is 222 Å². The van der Waals surface area contributed by atoms with Gasteiger partial charge in [-0.15, -0.1) is 0 Å². The van der Waals surface area contributed by atoms with E-state index >= 15 is 0 Å². The van der Waals surface area contributed by atoms with Crippen molar-refractivity contribution < 1.29 is 19.1 Å². The number of carboxylic acids is 1. The van der Waals surface area contributed by atoms with Gasteiger partial charge in [-0.1, -0.05) is 59.6 Å². The van der Waals surface area contributed by atoms with Crippen molar-refractivity contribution >= 4 is 35.1 Å². The van der Waals surface area contributed by atoms with Gasteiger partial charge in [-0.25, -0.2) is 9.07 Å². The summed E-state index contributed by atoms with van der Waals surface area (Å²) in [5, 5.41) is 15.3. The maximum absolute atomic E-state index is 13.8. The summed E-state index contributed by atoms with van der Waals surface area (Å²) in [6, 6.07) is 20.2. The van der Waals surface area contributed by atoms with Crippen molar-refractivity contribution in [2.45, 2.75) is 18.8 Å². The molecule has 1 amide bonds. The van der Waals surface area contributed by atoms with Crippen LogP contribution in [0.15, 0.2) is 72.8 Å². The highest BCUT2D eigenvalue weighted by Gasteiger charge is 2.33. The van der Waals surface area contributed by atoms with Gasteiger partial charge in [0.1, 0.15) is 5.82 Å². The number of hydrogen-bond acceptors (Lipinski definition) is 3. The van der Waals surface area contributed by atoms with Crippen LogP contribution < -0.4 is 0 Å². The lowest BCUT2D eigenvalue weighted by molar-refractivity contribution is -0.136. The molecule has 1 aromatic heterocycles. The Morgan fingerprint density at radius 2 is 1.70 bits per heavy atom. The molecule has 0 spiro atoms. The Kier molecular flexibility index (Phi) is 7.00. The Bertz CT molecular complexity index is 1470. The number of para-hydroxylation sites is 1. The van der Waals surface area contributed by atoms with E-state index in [0.29, 0.717) is 52.1 Å². The average molecular weight is 538 g/mol. The first-order valence-electron chi connectivity index (χ1n) is 11.7. The van der Waals surface area contributed by atoms with Crippen molar-refractivity contribution in [3.8, 4) is 16.9 Å². The third-order valence-electron chi connectivity index (χ3n) is 6.53. The molecule has 5 rings (SSSR count). The molecule has 1 aliphatic heterocycles. The Morgan fingerprint density at radius 1 is 1.00 bits per heavy atom. The number of nitrogens with zero attached hydrogens (tertiary/aromatic N) is 3. The summed E-state index contributed by atoms with van der Waals surface area (Å²) in [6.07, 6.45) is 0.305. The topological polar surface area (TPSA) is 75.4 Å². The van der Waals surface area contributed by atoms with E-state index in [4.69, 9.17) is 23.2 Å². The maximum atomic E-state index is 13.8. The summed E-state index contributed by atoms with van der Waals surface area (Å²) < 4.78 is 14.9. The lowest BCUT2D eigenvalue weighted by Crippen LogP contribution is -2.30. The fourth-order valence-corrected chi connectivity index (χ4v) is 5.09. The molecule has 1 atom stereocenters. The van der Waals surface area contributed by atoms with Gasteiger partial charge in [0.2, 0.25) is 0 Å². The van der Waals surface area contributed by atoms with Crippen LogP contribution in [0.2, 0.25) is 10.0 Å². The molecule has 1 saturated heterocycles. The van der Waals surface area contributed by atoms with Crippen molar-refractivity contribution in [1.29, 1.82) is 0 Å². The fourth-order valence-electron chi connectivity index (χ4n) is 4.74. The van der Waals surface area contributed by atoms with Crippen LogP contribution >= 0.6 is 23.2 Å². The van der Waals surface area contributed by atoms with E-state index in [1.165, 1.54) is 16.8 Å². The van der Waals surface area contributed by atoms with E-state index in [2.05, 4.69) is 5.10 Å². The van der Waals surface area contributed by atoms with Gasteiger partial charge in [0, 0.05) is 35.2 Å². The zero-order valence-electron chi connectivity index (χ0n) is 19.6. The molecule has 2 heterocycles. The molecule has 188 valence electrons. The van der Waals surface area contributed by atoms with Crippen LogP contribution in [0.3, 0.4) is 0 Å². The van der Waals surface area contributed by atoms with E-state index in [-0.39, 0.29) is 23.3 Å². The molecule has 1 N–H and O–H groups in total. The maximum Gasteiger partial charge on any atom is 0.307 e. The van der Waals surface area contributed by atoms with Crippen LogP contribution in [0.5, 0.6) is 0 Å². The van der Waals surface area contributed by atoms with Crippen molar-refractivity contribution in [2.24, 2.45) is 0 Å². The molecule has 6 nitrogen and oxygen atoms in total. The van der Waals surface area contributed by atoms with Crippen LogP contribution in [-0.4, -0.2) is 44.8 Å². The minimum absolute atomic E-state index is 0.0499. The molecule has 0 bridgehead atoms. The molecule has 3 aromatic carbocycles. The van der Waals surface area contributed by atoms with Crippen molar-refractivity contribution in [3.63, 3.8) is 0 Å². The van der Waals surface area contributed by atoms with E-state index in [1.807, 2.05) is 0 Å². The first-order chi connectivity index (χ1) is 17.8. The number of carboxylic acid groups (broad SMARTS) is 1. The summed E-state index contributed by atoms with van der Waals surface area (Å²) in [4.78, 5) is 27.4. The normalized spacial score (nSPS) is 15.2. The number of aromatic nitrogens is 2. The second kappa shape index (κ2) is 10.4. The Balaban J connectivity index is 1.60. The second-order valence-corrected chi connectivity index (χ2v) is 9.75. The van der Waals surface area contributed by atoms with E-state index in [0.717, 1.165) is 5.56 Å². The number of rotatable bonds is 6. The first-order valence-corrected chi connectivity index (χ1v) is 12.5. The summed E-state index contributed by atoms with van der Waals surface area (Å²) in [6.45, 7) is 0.898. The quantitative estimate of drug-likeness (QED) is 0.315. The molecule has 0 radical (unpaired) electrons. The molecule has 1 aliphatic rings. The number of amides is 1. The number of carbonyl (C=O) groups is 2. The minimum atomic E-state index is -1.09. The summed E-state index contributed by atoms with van der Waals surface area (Å²) in [7, 11) is 0. The van der Waals surface area contributed by atoms with Crippen LogP contribution in [-0.2, 0) is 11.2 Å². The zero-order chi connectivity index (χ0) is 26.1. The lowest BCUT2D eigenvalue weighted by atomic mass is 9.98. The highest BCUT2D eigenvalue weighted by Crippen LogP contribution is 2.35. The number of halogens is 3. The van der Waals surface area contributed by atoms with Crippen molar-refractivity contribution in [2.75, 3.05) is 13.1 Å².